The standard InChI is InChI=1S/C23H27ClN2O5S/c1-3-16(31-22(28)14-11-12-25-18(24)13-14)20(27)26-21-19(23(29)30-4-2)15-9-7-5-6-8-10-17(15)32-21/h11-13,16H,3-10H2,1-2H3,(H,26,27). The highest BCUT2D eigenvalue weighted by atomic mass is 35.5. The van der Waals surface area contributed by atoms with Crippen molar-refractivity contribution in [1.29, 1.82) is 0 Å². The van der Waals surface area contributed by atoms with Crippen LogP contribution in [0, 0.1) is 0 Å². The molecule has 2 heterocycles. The van der Waals surface area contributed by atoms with Crippen LogP contribution in [0.15, 0.2) is 18.3 Å². The zero-order chi connectivity index (χ0) is 23.1. The fraction of sp³-hybridized carbons (Fsp3) is 0.478. The Kier molecular flexibility index (Phi) is 8.64. The molecule has 1 N–H and O–H groups in total. The van der Waals surface area contributed by atoms with Crippen molar-refractivity contribution in [1.82, 2.24) is 4.98 Å². The lowest BCUT2D eigenvalue weighted by Crippen LogP contribution is -2.32. The molecule has 0 aliphatic heterocycles. The van der Waals surface area contributed by atoms with Crippen LogP contribution in [-0.4, -0.2) is 35.5 Å². The van der Waals surface area contributed by atoms with E-state index >= 15 is 0 Å². The van der Waals surface area contributed by atoms with Crippen LogP contribution in [0.1, 0.15) is 77.1 Å². The number of carbonyl (C=O) groups is 3. The fourth-order valence-corrected chi connectivity index (χ4v) is 5.12. The summed E-state index contributed by atoms with van der Waals surface area (Å²) in [5.41, 5.74) is 1.62. The Morgan fingerprint density at radius 3 is 2.59 bits per heavy atom. The van der Waals surface area contributed by atoms with Crippen LogP contribution in [0.2, 0.25) is 5.15 Å². The van der Waals surface area contributed by atoms with Gasteiger partial charge in [0, 0.05) is 11.1 Å². The number of hydrogen-bond acceptors (Lipinski definition) is 7. The minimum absolute atomic E-state index is 0.159. The first-order valence-corrected chi connectivity index (χ1v) is 12.1. The van der Waals surface area contributed by atoms with E-state index in [9.17, 15) is 14.4 Å². The maximum absolute atomic E-state index is 13.0. The number of nitrogens with zero attached hydrogens (tertiary/aromatic N) is 1. The van der Waals surface area contributed by atoms with E-state index < -0.39 is 23.9 Å². The first-order chi connectivity index (χ1) is 15.4. The van der Waals surface area contributed by atoms with Gasteiger partial charge in [0.25, 0.3) is 5.91 Å². The number of thiophene rings is 1. The maximum atomic E-state index is 13.0. The number of ether oxygens (including phenoxy) is 2. The van der Waals surface area contributed by atoms with Crippen LogP contribution in [0.5, 0.6) is 0 Å². The first-order valence-electron chi connectivity index (χ1n) is 10.9. The minimum atomic E-state index is -1.02. The van der Waals surface area contributed by atoms with E-state index in [4.69, 9.17) is 21.1 Å². The molecule has 0 spiro atoms. The molecule has 0 saturated carbocycles. The lowest BCUT2D eigenvalue weighted by Gasteiger charge is -2.16. The molecule has 0 saturated heterocycles. The van der Waals surface area contributed by atoms with Crippen LogP contribution in [-0.2, 0) is 27.1 Å². The molecule has 172 valence electrons. The highest BCUT2D eigenvalue weighted by molar-refractivity contribution is 7.17. The Morgan fingerprint density at radius 1 is 1.16 bits per heavy atom. The number of carbonyl (C=O) groups excluding carboxylic acids is 3. The minimum Gasteiger partial charge on any atom is -0.462 e. The van der Waals surface area contributed by atoms with E-state index in [1.165, 1.54) is 29.7 Å². The first kappa shape index (κ1) is 24.2. The average molecular weight is 479 g/mol. The third-order valence-corrected chi connectivity index (χ3v) is 6.68. The molecule has 2 aromatic rings. The van der Waals surface area contributed by atoms with Gasteiger partial charge in [-0.05, 0) is 56.7 Å². The number of pyridine rings is 1. The summed E-state index contributed by atoms with van der Waals surface area (Å²) >= 11 is 7.25. The van der Waals surface area contributed by atoms with Gasteiger partial charge >= 0.3 is 11.9 Å². The van der Waals surface area contributed by atoms with Gasteiger partial charge in [0.1, 0.15) is 10.2 Å². The zero-order valence-electron chi connectivity index (χ0n) is 18.2. The number of rotatable bonds is 7. The normalized spacial score (nSPS) is 14.5. The molecule has 1 amide bonds. The second kappa shape index (κ2) is 11.4. The van der Waals surface area contributed by atoms with Gasteiger partial charge in [-0.3, -0.25) is 4.79 Å². The van der Waals surface area contributed by atoms with E-state index in [0.29, 0.717) is 10.6 Å². The molecular formula is C23H27ClN2O5S. The summed E-state index contributed by atoms with van der Waals surface area (Å²) < 4.78 is 10.7. The summed E-state index contributed by atoms with van der Waals surface area (Å²) in [6.07, 6.45) is 6.62. The van der Waals surface area contributed by atoms with Gasteiger partial charge in [0.05, 0.1) is 17.7 Å². The number of nitrogens with one attached hydrogen (secondary N) is 1. The molecule has 1 atom stereocenters. The molecule has 2 aromatic heterocycles. The molecule has 3 rings (SSSR count). The monoisotopic (exact) mass is 478 g/mol. The number of aromatic nitrogens is 1. The number of hydrogen-bond donors (Lipinski definition) is 1. The molecule has 32 heavy (non-hydrogen) atoms. The zero-order valence-corrected chi connectivity index (χ0v) is 19.8. The van der Waals surface area contributed by atoms with Crippen LogP contribution in [0.25, 0.3) is 0 Å². The van der Waals surface area contributed by atoms with Crippen molar-refractivity contribution < 1.29 is 23.9 Å². The summed E-state index contributed by atoms with van der Waals surface area (Å²) in [6.45, 7) is 3.75. The SMILES string of the molecule is CCOC(=O)c1c(NC(=O)C(CC)OC(=O)c2ccnc(Cl)c2)sc2c1CCCCCC2. The van der Waals surface area contributed by atoms with Crippen molar-refractivity contribution in [2.45, 2.75) is 64.9 Å². The Labute approximate surface area is 196 Å². The molecule has 0 aromatic carbocycles. The van der Waals surface area contributed by atoms with Crippen molar-refractivity contribution >= 4 is 45.8 Å². The molecule has 0 fully saturated rings. The number of esters is 2. The number of fused-ring (bicyclic) bond motifs is 1. The van der Waals surface area contributed by atoms with E-state index in [0.717, 1.165) is 49.0 Å². The van der Waals surface area contributed by atoms with Gasteiger partial charge in [-0.1, -0.05) is 31.4 Å². The predicted molar refractivity (Wildman–Crippen MR) is 124 cm³/mol. The van der Waals surface area contributed by atoms with Crippen LogP contribution >= 0.6 is 22.9 Å². The molecule has 7 nitrogen and oxygen atoms in total. The summed E-state index contributed by atoms with van der Waals surface area (Å²) in [4.78, 5) is 43.1. The van der Waals surface area contributed by atoms with Crippen molar-refractivity contribution in [2.24, 2.45) is 0 Å². The quantitative estimate of drug-likeness (QED) is 0.433. The van der Waals surface area contributed by atoms with Gasteiger partial charge in [-0.25, -0.2) is 14.6 Å². The summed E-state index contributed by atoms with van der Waals surface area (Å²) in [5, 5.41) is 3.45. The van der Waals surface area contributed by atoms with Crippen molar-refractivity contribution in [3.05, 3.63) is 45.1 Å². The van der Waals surface area contributed by atoms with Crippen LogP contribution in [0.3, 0.4) is 0 Å². The van der Waals surface area contributed by atoms with Gasteiger partial charge < -0.3 is 14.8 Å². The second-order valence-corrected chi connectivity index (χ2v) is 8.99. The third kappa shape index (κ3) is 5.86. The molecule has 1 aliphatic rings. The number of aryl methyl sites for hydroxylation is 1. The van der Waals surface area contributed by atoms with E-state index in [-0.39, 0.29) is 23.7 Å². The third-order valence-electron chi connectivity index (χ3n) is 5.26. The Bertz CT molecular complexity index is 991. The number of amides is 1. The van der Waals surface area contributed by atoms with Gasteiger partial charge in [-0.2, -0.15) is 0 Å². The maximum Gasteiger partial charge on any atom is 0.341 e. The Morgan fingerprint density at radius 2 is 1.91 bits per heavy atom. The van der Waals surface area contributed by atoms with Crippen molar-refractivity contribution in [3.8, 4) is 0 Å². The second-order valence-electron chi connectivity index (χ2n) is 7.50. The van der Waals surface area contributed by atoms with Gasteiger partial charge in [0.2, 0.25) is 0 Å². The predicted octanol–water partition coefficient (Wildman–Crippen LogP) is 5.21. The van der Waals surface area contributed by atoms with E-state index in [1.807, 2.05) is 0 Å². The Balaban J connectivity index is 1.82. The fourth-order valence-electron chi connectivity index (χ4n) is 3.67. The Hall–Kier alpha value is -2.45. The van der Waals surface area contributed by atoms with Gasteiger partial charge in [0.15, 0.2) is 6.10 Å². The largest absolute Gasteiger partial charge is 0.462 e. The average Bonchev–Trinajstić information content (AvgIpc) is 3.07. The number of halogens is 1. The highest BCUT2D eigenvalue weighted by Gasteiger charge is 2.29. The van der Waals surface area contributed by atoms with E-state index in [1.54, 1.807) is 13.8 Å². The van der Waals surface area contributed by atoms with Crippen molar-refractivity contribution in [2.75, 3.05) is 11.9 Å². The highest BCUT2D eigenvalue weighted by Crippen LogP contribution is 2.37. The van der Waals surface area contributed by atoms with Gasteiger partial charge in [-0.15, -0.1) is 11.3 Å². The lowest BCUT2D eigenvalue weighted by atomic mass is 9.96. The molecule has 0 radical (unpaired) electrons. The summed E-state index contributed by atoms with van der Waals surface area (Å²) in [7, 11) is 0. The molecular weight excluding hydrogens is 452 g/mol. The molecule has 1 unspecified atom stereocenters. The molecule has 9 heteroatoms. The van der Waals surface area contributed by atoms with E-state index in [2.05, 4.69) is 10.3 Å². The molecule has 1 aliphatic carbocycles. The topological polar surface area (TPSA) is 94.6 Å². The van der Waals surface area contributed by atoms with Crippen LogP contribution in [0.4, 0.5) is 5.00 Å². The molecule has 0 bridgehead atoms. The smallest absolute Gasteiger partial charge is 0.341 e. The van der Waals surface area contributed by atoms with Crippen LogP contribution < -0.4 is 5.32 Å². The summed E-state index contributed by atoms with van der Waals surface area (Å²) in [6, 6.07) is 2.85. The summed E-state index contributed by atoms with van der Waals surface area (Å²) in [5.74, 6) is -1.58. The lowest BCUT2D eigenvalue weighted by molar-refractivity contribution is -0.124. The number of anilines is 1. The van der Waals surface area contributed by atoms with Crippen molar-refractivity contribution in [3.63, 3.8) is 0 Å².